The van der Waals surface area contributed by atoms with Gasteiger partial charge in [0.15, 0.2) is 0 Å². The molecule has 0 spiro atoms. The van der Waals surface area contributed by atoms with Gasteiger partial charge in [-0.05, 0) is 55.2 Å². The molecule has 25 heavy (non-hydrogen) atoms. The number of piperidine rings is 1. The summed E-state index contributed by atoms with van der Waals surface area (Å²) < 4.78 is 39.7. The van der Waals surface area contributed by atoms with Crippen LogP contribution in [-0.4, -0.2) is 32.9 Å². The van der Waals surface area contributed by atoms with E-state index in [-0.39, 0.29) is 11.4 Å². The van der Waals surface area contributed by atoms with Gasteiger partial charge in [0.2, 0.25) is 10.0 Å². The molecule has 6 heteroatoms. The van der Waals surface area contributed by atoms with E-state index in [9.17, 15) is 12.8 Å². The zero-order chi connectivity index (χ0) is 17.9. The maximum atomic E-state index is 13.3. The van der Waals surface area contributed by atoms with Crippen LogP contribution < -0.4 is 4.90 Å². The van der Waals surface area contributed by atoms with Crippen LogP contribution in [0.15, 0.2) is 53.4 Å². The number of sulfonamides is 1. The first-order valence-electron chi connectivity index (χ1n) is 8.52. The molecular weight excluding hydrogens is 339 g/mol. The van der Waals surface area contributed by atoms with Gasteiger partial charge in [-0.15, -0.1) is 0 Å². The standard InChI is InChI=1S/C19H23FN2O2S/c1-21(25(23,24)19-7-5-6-17(20)14-19)15-16-8-10-18(11-9-16)22-12-3-2-4-13-22/h5-11,14H,2-4,12-13,15H2,1H3. The van der Waals surface area contributed by atoms with Gasteiger partial charge in [-0.25, -0.2) is 12.8 Å². The Balaban J connectivity index is 1.71. The first-order chi connectivity index (χ1) is 12.0. The van der Waals surface area contributed by atoms with Crippen LogP contribution in [0.25, 0.3) is 0 Å². The van der Waals surface area contributed by atoms with E-state index in [4.69, 9.17) is 0 Å². The van der Waals surface area contributed by atoms with Crippen molar-refractivity contribution in [2.24, 2.45) is 0 Å². The van der Waals surface area contributed by atoms with Crippen molar-refractivity contribution >= 4 is 15.7 Å². The molecule has 0 radical (unpaired) electrons. The van der Waals surface area contributed by atoms with Crippen molar-refractivity contribution in [1.29, 1.82) is 0 Å². The molecule has 4 nitrogen and oxygen atoms in total. The summed E-state index contributed by atoms with van der Waals surface area (Å²) in [6.45, 7) is 2.40. The molecule has 0 amide bonds. The summed E-state index contributed by atoms with van der Waals surface area (Å²) in [6, 6.07) is 13.1. The Labute approximate surface area is 148 Å². The van der Waals surface area contributed by atoms with Crippen LogP contribution in [0, 0.1) is 5.82 Å². The number of hydrogen-bond acceptors (Lipinski definition) is 3. The van der Waals surface area contributed by atoms with E-state index in [1.807, 2.05) is 24.3 Å². The zero-order valence-electron chi connectivity index (χ0n) is 14.4. The minimum absolute atomic E-state index is 0.0278. The van der Waals surface area contributed by atoms with Gasteiger partial charge < -0.3 is 4.90 Å². The lowest BCUT2D eigenvalue weighted by Crippen LogP contribution is -2.29. The molecule has 1 aliphatic heterocycles. The van der Waals surface area contributed by atoms with Gasteiger partial charge in [-0.3, -0.25) is 0 Å². The molecule has 3 rings (SSSR count). The second-order valence-corrected chi connectivity index (χ2v) is 8.48. The third-order valence-electron chi connectivity index (χ3n) is 4.57. The van der Waals surface area contributed by atoms with Crippen molar-refractivity contribution in [2.75, 3.05) is 25.0 Å². The lowest BCUT2D eigenvalue weighted by atomic mass is 10.1. The Morgan fingerprint density at radius 2 is 1.72 bits per heavy atom. The second kappa shape index (κ2) is 7.54. The molecule has 2 aromatic carbocycles. The molecule has 0 aliphatic carbocycles. The number of hydrogen-bond donors (Lipinski definition) is 0. The van der Waals surface area contributed by atoms with Crippen molar-refractivity contribution in [3.63, 3.8) is 0 Å². The molecule has 1 aliphatic rings. The summed E-state index contributed by atoms with van der Waals surface area (Å²) in [6.07, 6.45) is 3.73. The molecule has 0 unspecified atom stereocenters. The highest BCUT2D eigenvalue weighted by atomic mass is 32.2. The van der Waals surface area contributed by atoms with Crippen molar-refractivity contribution in [3.05, 3.63) is 59.9 Å². The Kier molecular flexibility index (Phi) is 5.39. The van der Waals surface area contributed by atoms with E-state index in [2.05, 4.69) is 4.90 Å². The summed E-state index contributed by atoms with van der Waals surface area (Å²) >= 11 is 0. The van der Waals surface area contributed by atoms with E-state index < -0.39 is 15.8 Å². The summed E-state index contributed by atoms with van der Waals surface area (Å²) in [5.41, 5.74) is 2.09. The van der Waals surface area contributed by atoms with Gasteiger partial charge in [0.25, 0.3) is 0 Å². The van der Waals surface area contributed by atoms with Gasteiger partial charge in [0, 0.05) is 32.4 Å². The average molecular weight is 362 g/mol. The Hall–Kier alpha value is -1.92. The maximum Gasteiger partial charge on any atom is 0.243 e. The molecule has 0 N–H and O–H groups in total. The highest BCUT2D eigenvalue weighted by Crippen LogP contribution is 2.22. The number of anilines is 1. The molecule has 2 aromatic rings. The van der Waals surface area contributed by atoms with E-state index in [1.165, 1.54) is 54.5 Å². The summed E-state index contributed by atoms with van der Waals surface area (Å²) in [5, 5.41) is 0. The summed E-state index contributed by atoms with van der Waals surface area (Å²) in [5.74, 6) is -0.555. The third kappa shape index (κ3) is 4.19. The molecule has 1 fully saturated rings. The average Bonchev–Trinajstić information content (AvgIpc) is 2.63. The number of benzene rings is 2. The quantitative estimate of drug-likeness (QED) is 0.815. The van der Waals surface area contributed by atoms with Crippen molar-refractivity contribution in [1.82, 2.24) is 4.31 Å². The fraction of sp³-hybridized carbons (Fsp3) is 0.368. The van der Waals surface area contributed by atoms with Crippen LogP contribution in [0.5, 0.6) is 0 Å². The first-order valence-corrected chi connectivity index (χ1v) is 9.96. The number of halogens is 1. The molecule has 0 saturated carbocycles. The molecule has 134 valence electrons. The predicted octanol–water partition coefficient (Wildman–Crippen LogP) is 3.64. The van der Waals surface area contributed by atoms with Crippen molar-refractivity contribution in [2.45, 2.75) is 30.7 Å². The SMILES string of the molecule is CN(Cc1ccc(N2CCCCC2)cc1)S(=O)(=O)c1cccc(F)c1. The molecule has 1 saturated heterocycles. The molecule has 0 aromatic heterocycles. The minimum Gasteiger partial charge on any atom is -0.372 e. The zero-order valence-corrected chi connectivity index (χ0v) is 15.2. The summed E-state index contributed by atoms with van der Waals surface area (Å²) in [7, 11) is -2.19. The van der Waals surface area contributed by atoms with E-state index in [0.29, 0.717) is 0 Å². The Bertz CT molecular complexity index is 816. The fourth-order valence-electron chi connectivity index (χ4n) is 3.11. The Morgan fingerprint density at radius 3 is 2.36 bits per heavy atom. The maximum absolute atomic E-state index is 13.3. The van der Waals surface area contributed by atoms with E-state index >= 15 is 0 Å². The van der Waals surface area contributed by atoms with Crippen molar-refractivity contribution < 1.29 is 12.8 Å². The summed E-state index contributed by atoms with van der Waals surface area (Å²) in [4.78, 5) is 2.33. The second-order valence-electron chi connectivity index (χ2n) is 6.43. The molecule has 0 atom stereocenters. The normalized spacial score (nSPS) is 15.6. The lowest BCUT2D eigenvalue weighted by Gasteiger charge is -2.29. The predicted molar refractivity (Wildman–Crippen MR) is 97.6 cm³/mol. The van der Waals surface area contributed by atoms with E-state index in [1.54, 1.807) is 0 Å². The first kappa shape index (κ1) is 17.9. The van der Waals surface area contributed by atoms with Crippen LogP contribution in [0.3, 0.4) is 0 Å². The smallest absolute Gasteiger partial charge is 0.243 e. The van der Waals surface area contributed by atoms with Crippen LogP contribution in [0.1, 0.15) is 24.8 Å². The van der Waals surface area contributed by atoms with Gasteiger partial charge >= 0.3 is 0 Å². The highest BCUT2D eigenvalue weighted by Gasteiger charge is 2.21. The van der Waals surface area contributed by atoms with Gasteiger partial charge in [-0.2, -0.15) is 4.31 Å². The van der Waals surface area contributed by atoms with Crippen LogP contribution in [0.4, 0.5) is 10.1 Å². The molecule has 0 bridgehead atoms. The van der Waals surface area contributed by atoms with Crippen molar-refractivity contribution in [3.8, 4) is 0 Å². The number of rotatable bonds is 5. The largest absolute Gasteiger partial charge is 0.372 e. The molecular formula is C19H23FN2O2S. The topological polar surface area (TPSA) is 40.6 Å². The van der Waals surface area contributed by atoms with Gasteiger partial charge in [0.05, 0.1) is 4.90 Å². The van der Waals surface area contributed by atoms with Crippen LogP contribution >= 0.6 is 0 Å². The van der Waals surface area contributed by atoms with Gasteiger partial charge in [-0.1, -0.05) is 18.2 Å². The number of nitrogens with zero attached hydrogens (tertiary/aromatic N) is 2. The van der Waals surface area contributed by atoms with Crippen LogP contribution in [-0.2, 0) is 16.6 Å². The highest BCUT2D eigenvalue weighted by molar-refractivity contribution is 7.89. The molecule has 1 heterocycles. The monoisotopic (exact) mass is 362 g/mol. The lowest BCUT2D eigenvalue weighted by molar-refractivity contribution is 0.466. The van der Waals surface area contributed by atoms with Crippen LogP contribution in [0.2, 0.25) is 0 Å². The fourth-order valence-corrected chi connectivity index (χ4v) is 4.30. The van der Waals surface area contributed by atoms with Gasteiger partial charge in [0.1, 0.15) is 5.82 Å². The minimum atomic E-state index is -3.71. The third-order valence-corrected chi connectivity index (χ3v) is 6.37. The Morgan fingerprint density at radius 1 is 1.04 bits per heavy atom. The van der Waals surface area contributed by atoms with E-state index in [0.717, 1.165) is 24.7 Å².